The first-order valence-electron chi connectivity index (χ1n) is 6.77. The Balaban J connectivity index is 2.05. The van der Waals surface area contributed by atoms with E-state index in [1.165, 1.54) is 4.90 Å². The van der Waals surface area contributed by atoms with Crippen LogP contribution in [-0.4, -0.2) is 31.7 Å². The van der Waals surface area contributed by atoms with Crippen LogP contribution < -0.4 is 4.90 Å². The van der Waals surface area contributed by atoms with Crippen LogP contribution in [0.5, 0.6) is 0 Å². The minimum Gasteiger partial charge on any atom is -0.458 e. The molecule has 1 unspecified atom stereocenters. The summed E-state index contributed by atoms with van der Waals surface area (Å²) in [4.78, 5) is 13.7. The molecular formula is C15H21ClNO2+. The van der Waals surface area contributed by atoms with E-state index in [-0.39, 0.29) is 12.1 Å². The molecule has 104 valence electrons. The Labute approximate surface area is 119 Å². The number of ether oxygens (including phenoxy) is 1. The number of quaternary nitrogens is 1. The molecule has 19 heavy (non-hydrogen) atoms. The summed E-state index contributed by atoms with van der Waals surface area (Å²) in [6, 6.07) is 7.54. The summed E-state index contributed by atoms with van der Waals surface area (Å²) in [5, 5.41) is 0.451. The summed E-state index contributed by atoms with van der Waals surface area (Å²) < 4.78 is 5.65. The standard InChI is InChI=1S/C15H20ClNO2/c1-10-9-17(3)11(2)8-14(10)19-15(18)12-6-4-5-7-13(12)16/h4-7,10-11,14H,8-9H2,1-3H3/p+1/t10-,11-,14+/m1/s1. The largest absolute Gasteiger partial charge is 0.458 e. The van der Waals surface area contributed by atoms with Crippen molar-refractivity contribution in [3.8, 4) is 0 Å². The summed E-state index contributed by atoms with van der Waals surface area (Å²) in [5.74, 6) is 0.0665. The van der Waals surface area contributed by atoms with Gasteiger partial charge in [0.25, 0.3) is 0 Å². The molecule has 0 aromatic heterocycles. The van der Waals surface area contributed by atoms with Gasteiger partial charge in [-0.3, -0.25) is 0 Å². The second-order valence-electron chi connectivity index (χ2n) is 5.59. The molecular weight excluding hydrogens is 262 g/mol. The number of rotatable bonds is 2. The minimum absolute atomic E-state index is 0.0116. The highest BCUT2D eigenvalue weighted by Gasteiger charge is 2.34. The number of piperidine rings is 1. The van der Waals surface area contributed by atoms with Crippen molar-refractivity contribution in [1.82, 2.24) is 0 Å². The molecule has 0 amide bonds. The molecule has 1 aromatic carbocycles. The Bertz CT molecular complexity index is 463. The van der Waals surface area contributed by atoms with E-state index in [4.69, 9.17) is 16.3 Å². The van der Waals surface area contributed by atoms with Crippen LogP contribution in [-0.2, 0) is 4.74 Å². The van der Waals surface area contributed by atoms with Crippen molar-refractivity contribution in [3.63, 3.8) is 0 Å². The third-order valence-corrected chi connectivity index (χ3v) is 4.39. The molecule has 1 N–H and O–H groups in total. The van der Waals surface area contributed by atoms with Gasteiger partial charge in [0.05, 0.1) is 30.2 Å². The Morgan fingerprint density at radius 1 is 1.37 bits per heavy atom. The zero-order chi connectivity index (χ0) is 14.0. The molecule has 4 heteroatoms. The molecule has 0 spiro atoms. The smallest absolute Gasteiger partial charge is 0.339 e. The fourth-order valence-electron chi connectivity index (χ4n) is 2.61. The number of halogens is 1. The zero-order valence-corrected chi connectivity index (χ0v) is 12.4. The second-order valence-corrected chi connectivity index (χ2v) is 6.00. The molecule has 2 rings (SSSR count). The van der Waals surface area contributed by atoms with Gasteiger partial charge in [0.1, 0.15) is 6.10 Å². The van der Waals surface area contributed by atoms with Gasteiger partial charge in [-0.25, -0.2) is 4.79 Å². The fourth-order valence-corrected chi connectivity index (χ4v) is 2.83. The maximum atomic E-state index is 12.2. The van der Waals surface area contributed by atoms with E-state index in [0.717, 1.165) is 13.0 Å². The Morgan fingerprint density at radius 2 is 2.05 bits per heavy atom. The number of carbonyl (C=O) groups is 1. The van der Waals surface area contributed by atoms with Crippen molar-refractivity contribution in [2.24, 2.45) is 5.92 Å². The monoisotopic (exact) mass is 282 g/mol. The van der Waals surface area contributed by atoms with Crippen LogP contribution in [0.2, 0.25) is 5.02 Å². The molecule has 1 heterocycles. The third-order valence-electron chi connectivity index (χ3n) is 4.06. The topological polar surface area (TPSA) is 30.7 Å². The molecule has 0 aliphatic carbocycles. The Hall–Kier alpha value is -1.06. The van der Waals surface area contributed by atoms with Crippen LogP contribution in [0.1, 0.15) is 30.6 Å². The van der Waals surface area contributed by atoms with Crippen molar-refractivity contribution < 1.29 is 14.4 Å². The summed E-state index contributed by atoms with van der Waals surface area (Å²) in [6.45, 7) is 5.36. The number of likely N-dealkylation sites (tertiary alicyclic amines) is 1. The van der Waals surface area contributed by atoms with E-state index >= 15 is 0 Å². The summed E-state index contributed by atoms with van der Waals surface area (Å²) in [6.07, 6.45) is 0.894. The van der Waals surface area contributed by atoms with E-state index in [1.807, 2.05) is 6.07 Å². The quantitative estimate of drug-likeness (QED) is 0.839. The lowest BCUT2D eigenvalue weighted by molar-refractivity contribution is -0.914. The minimum atomic E-state index is -0.311. The predicted molar refractivity (Wildman–Crippen MR) is 75.7 cm³/mol. The molecule has 1 aromatic rings. The van der Waals surface area contributed by atoms with Crippen LogP contribution in [0, 0.1) is 5.92 Å². The SMILES string of the molecule is C[C@@H]1C[NH+](C)[C@H](C)C[C@@H]1OC(=O)c1ccccc1Cl. The second kappa shape index (κ2) is 5.93. The number of esters is 1. The third kappa shape index (κ3) is 3.28. The van der Waals surface area contributed by atoms with Gasteiger partial charge in [-0.15, -0.1) is 0 Å². The molecule has 0 bridgehead atoms. The van der Waals surface area contributed by atoms with Gasteiger partial charge in [-0.1, -0.05) is 30.7 Å². The van der Waals surface area contributed by atoms with Crippen molar-refractivity contribution in [2.75, 3.05) is 13.6 Å². The first kappa shape index (κ1) is 14.4. The number of nitrogens with one attached hydrogen (secondary N) is 1. The van der Waals surface area contributed by atoms with E-state index in [0.29, 0.717) is 22.5 Å². The number of hydrogen-bond acceptors (Lipinski definition) is 2. The van der Waals surface area contributed by atoms with Crippen molar-refractivity contribution in [2.45, 2.75) is 32.4 Å². The maximum absolute atomic E-state index is 12.2. The zero-order valence-electron chi connectivity index (χ0n) is 11.7. The first-order valence-corrected chi connectivity index (χ1v) is 7.14. The summed E-state index contributed by atoms with van der Waals surface area (Å²) in [5.41, 5.74) is 0.454. The van der Waals surface area contributed by atoms with Gasteiger partial charge < -0.3 is 9.64 Å². The van der Waals surface area contributed by atoms with Gasteiger partial charge >= 0.3 is 5.97 Å². The predicted octanol–water partition coefficient (Wildman–Crippen LogP) is 1.81. The number of benzene rings is 1. The molecule has 0 radical (unpaired) electrons. The summed E-state index contributed by atoms with van der Waals surface area (Å²) >= 11 is 6.02. The first-order chi connectivity index (χ1) is 8.99. The van der Waals surface area contributed by atoms with E-state index < -0.39 is 0 Å². The van der Waals surface area contributed by atoms with E-state index in [1.54, 1.807) is 18.2 Å². The molecule has 1 aliphatic heterocycles. The highest BCUT2D eigenvalue weighted by atomic mass is 35.5. The van der Waals surface area contributed by atoms with Crippen LogP contribution in [0.3, 0.4) is 0 Å². The molecule has 0 saturated carbocycles. The van der Waals surface area contributed by atoms with Crippen molar-refractivity contribution in [1.29, 1.82) is 0 Å². The molecule has 3 nitrogen and oxygen atoms in total. The van der Waals surface area contributed by atoms with E-state index in [9.17, 15) is 4.79 Å². The normalized spacial score (nSPS) is 30.9. The van der Waals surface area contributed by atoms with Gasteiger partial charge in [-0.05, 0) is 19.1 Å². The lowest BCUT2D eigenvalue weighted by Crippen LogP contribution is -3.14. The van der Waals surface area contributed by atoms with Crippen LogP contribution in [0.4, 0.5) is 0 Å². The van der Waals surface area contributed by atoms with Gasteiger partial charge in [0.2, 0.25) is 0 Å². The lowest BCUT2D eigenvalue weighted by atomic mass is 9.92. The van der Waals surface area contributed by atoms with Gasteiger partial charge in [-0.2, -0.15) is 0 Å². The Morgan fingerprint density at radius 3 is 2.74 bits per heavy atom. The average molecular weight is 283 g/mol. The van der Waals surface area contributed by atoms with E-state index in [2.05, 4.69) is 20.9 Å². The average Bonchev–Trinajstić information content (AvgIpc) is 2.36. The number of carbonyl (C=O) groups excluding carboxylic acids is 1. The van der Waals surface area contributed by atoms with Crippen molar-refractivity contribution in [3.05, 3.63) is 34.9 Å². The van der Waals surface area contributed by atoms with Gasteiger partial charge in [0.15, 0.2) is 0 Å². The molecule has 4 atom stereocenters. The highest BCUT2D eigenvalue weighted by molar-refractivity contribution is 6.33. The maximum Gasteiger partial charge on any atom is 0.339 e. The highest BCUT2D eigenvalue weighted by Crippen LogP contribution is 2.21. The summed E-state index contributed by atoms with van der Waals surface area (Å²) in [7, 11) is 2.19. The van der Waals surface area contributed by atoms with Gasteiger partial charge in [0, 0.05) is 12.3 Å². The molecule has 1 aliphatic rings. The van der Waals surface area contributed by atoms with Crippen LogP contribution >= 0.6 is 11.6 Å². The number of hydrogen-bond donors (Lipinski definition) is 1. The molecule has 1 fully saturated rings. The Kier molecular flexibility index (Phi) is 4.48. The lowest BCUT2D eigenvalue weighted by Gasteiger charge is -2.36. The fraction of sp³-hybridized carbons (Fsp3) is 0.533. The van der Waals surface area contributed by atoms with Crippen molar-refractivity contribution >= 4 is 17.6 Å². The molecule has 1 saturated heterocycles. The van der Waals surface area contributed by atoms with Crippen LogP contribution in [0.25, 0.3) is 0 Å². The van der Waals surface area contributed by atoms with Crippen LogP contribution in [0.15, 0.2) is 24.3 Å².